The Kier molecular flexibility index (Phi) is 12.2. The Morgan fingerprint density at radius 1 is 0.875 bits per heavy atom. The minimum atomic E-state index is -0.0108. The van der Waals surface area contributed by atoms with Gasteiger partial charge < -0.3 is 5.32 Å². The molecule has 0 saturated heterocycles. The molecule has 0 radical (unpaired) electrons. The first-order chi connectivity index (χ1) is 11.8. The van der Waals surface area contributed by atoms with Gasteiger partial charge in [0.1, 0.15) is 0 Å². The second-order valence-corrected chi connectivity index (χ2v) is 4.85. The topological polar surface area (TPSA) is 29.1 Å². The van der Waals surface area contributed by atoms with Gasteiger partial charge in [0.15, 0.2) is 0 Å². The fraction of sp³-hybridized carbons (Fsp3) is 0.409. The summed E-state index contributed by atoms with van der Waals surface area (Å²) in [5.41, 5.74) is 3.23. The lowest BCUT2D eigenvalue weighted by atomic mass is 9.96. The molecule has 2 rings (SSSR count). The van der Waals surface area contributed by atoms with Gasteiger partial charge in [-0.3, -0.25) is 4.79 Å². The van der Waals surface area contributed by atoms with Crippen molar-refractivity contribution in [3.63, 3.8) is 0 Å². The van der Waals surface area contributed by atoms with E-state index in [4.69, 9.17) is 0 Å². The van der Waals surface area contributed by atoms with Gasteiger partial charge in [-0.25, -0.2) is 0 Å². The van der Waals surface area contributed by atoms with E-state index in [1.54, 1.807) is 0 Å². The summed E-state index contributed by atoms with van der Waals surface area (Å²) >= 11 is 0. The molecule has 0 saturated carbocycles. The summed E-state index contributed by atoms with van der Waals surface area (Å²) in [4.78, 5) is 12.3. The molecule has 0 bridgehead atoms. The van der Waals surface area contributed by atoms with Gasteiger partial charge in [0.05, 0.1) is 6.04 Å². The van der Waals surface area contributed by atoms with Crippen molar-refractivity contribution in [2.24, 2.45) is 0 Å². The largest absolute Gasteiger partial charge is 0.345 e. The number of hydrogen-bond acceptors (Lipinski definition) is 1. The van der Waals surface area contributed by atoms with Crippen LogP contribution in [0.15, 0.2) is 54.6 Å². The average Bonchev–Trinajstić information content (AvgIpc) is 2.69. The zero-order valence-corrected chi connectivity index (χ0v) is 16.1. The highest BCUT2D eigenvalue weighted by Crippen LogP contribution is 2.22. The first-order valence-corrected chi connectivity index (χ1v) is 9.20. The van der Waals surface area contributed by atoms with Crippen LogP contribution in [0.2, 0.25) is 0 Å². The normalized spacial score (nSPS) is 10.4. The van der Waals surface area contributed by atoms with Crippen molar-refractivity contribution in [2.75, 3.05) is 0 Å². The monoisotopic (exact) mass is 327 g/mol. The molecule has 0 aromatic heterocycles. The van der Waals surface area contributed by atoms with Gasteiger partial charge in [-0.05, 0) is 36.1 Å². The Balaban J connectivity index is 0.00000123. The minimum Gasteiger partial charge on any atom is -0.345 e. The molecule has 0 heterocycles. The molecule has 0 aliphatic rings. The molecular formula is C22H33NO. The highest BCUT2D eigenvalue weighted by atomic mass is 16.1. The molecule has 0 unspecified atom stereocenters. The van der Waals surface area contributed by atoms with Gasteiger partial charge in [-0.2, -0.15) is 0 Å². The molecule has 2 heteroatoms. The molecule has 1 atom stereocenters. The summed E-state index contributed by atoms with van der Waals surface area (Å²) in [5.74, 6) is -0.0108. The van der Waals surface area contributed by atoms with Crippen LogP contribution in [0.3, 0.4) is 0 Å². The van der Waals surface area contributed by atoms with Gasteiger partial charge in [0, 0.05) is 5.56 Å². The average molecular weight is 328 g/mol. The summed E-state index contributed by atoms with van der Waals surface area (Å²) in [5, 5.41) is 3.14. The molecule has 132 valence electrons. The minimum absolute atomic E-state index is 0.0108. The van der Waals surface area contributed by atoms with Crippen LogP contribution in [-0.2, 0) is 6.42 Å². The van der Waals surface area contributed by atoms with E-state index in [-0.39, 0.29) is 11.9 Å². The molecule has 1 amide bonds. The van der Waals surface area contributed by atoms with Crippen molar-refractivity contribution in [1.29, 1.82) is 0 Å². The fourth-order valence-electron chi connectivity index (χ4n) is 2.43. The zero-order valence-electron chi connectivity index (χ0n) is 16.1. The smallest absolute Gasteiger partial charge is 0.251 e. The quantitative estimate of drug-likeness (QED) is 0.697. The Morgan fingerprint density at radius 3 is 1.96 bits per heavy atom. The van der Waals surface area contributed by atoms with Crippen LogP contribution in [0.25, 0.3) is 0 Å². The van der Waals surface area contributed by atoms with E-state index in [1.165, 1.54) is 11.1 Å². The molecule has 2 nitrogen and oxygen atoms in total. The maximum Gasteiger partial charge on any atom is 0.251 e. The molecule has 0 fully saturated rings. The van der Waals surface area contributed by atoms with E-state index in [0.29, 0.717) is 5.56 Å². The van der Waals surface area contributed by atoms with Crippen molar-refractivity contribution in [3.05, 3.63) is 71.3 Å². The maximum absolute atomic E-state index is 12.3. The molecule has 0 spiro atoms. The number of hydrogen-bond donors (Lipinski definition) is 1. The summed E-state index contributed by atoms with van der Waals surface area (Å²) in [6.45, 7) is 12.2. The highest BCUT2D eigenvalue weighted by molar-refractivity contribution is 5.94. The molecule has 0 aliphatic heterocycles. The second kappa shape index (κ2) is 13.4. The van der Waals surface area contributed by atoms with Crippen molar-refractivity contribution in [1.82, 2.24) is 5.32 Å². The molecule has 24 heavy (non-hydrogen) atoms. The third kappa shape index (κ3) is 6.57. The van der Waals surface area contributed by atoms with Crippen molar-refractivity contribution >= 4 is 5.91 Å². The van der Waals surface area contributed by atoms with Crippen LogP contribution >= 0.6 is 0 Å². The van der Waals surface area contributed by atoms with E-state index in [1.807, 2.05) is 70.2 Å². The predicted octanol–water partition coefficient (Wildman–Crippen LogP) is 6.18. The Labute approximate surface area is 148 Å². The van der Waals surface area contributed by atoms with Crippen LogP contribution in [0.4, 0.5) is 0 Å². The Morgan fingerprint density at radius 2 is 1.42 bits per heavy atom. The third-order valence-electron chi connectivity index (χ3n) is 3.56. The summed E-state index contributed by atoms with van der Waals surface area (Å²) in [6.07, 6.45) is 1.86. The van der Waals surface area contributed by atoms with E-state index in [2.05, 4.69) is 31.3 Å². The first-order valence-electron chi connectivity index (χ1n) is 9.20. The Hall–Kier alpha value is -2.09. The van der Waals surface area contributed by atoms with Crippen LogP contribution < -0.4 is 5.32 Å². The van der Waals surface area contributed by atoms with Gasteiger partial charge in [0.2, 0.25) is 0 Å². The zero-order chi connectivity index (χ0) is 18.4. The summed E-state index contributed by atoms with van der Waals surface area (Å²) in [6, 6.07) is 17.8. The number of aryl methyl sites for hydroxylation is 1. The third-order valence-corrected chi connectivity index (χ3v) is 3.56. The SMILES string of the molecule is CC.CC.CCc1ccccc1[C@H](CC)NC(=O)c1ccccc1. The molecule has 0 aliphatic carbocycles. The number of amides is 1. The van der Waals surface area contributed by atoms with Crippen molar-refractivity contribution in [3.8, 4) is 0 Å². The maximum atomic E-state index is 12.3. The lowest BCUT2D eigenvalue weighted by molar-refractivity contribution is 0.0935. The standard InChI is InChI=1S/C18H21NO.2C2H6/c1-3-14-10-8-9-13-16(14)17(4-2)19-18(20)15-11-6-5-7-12-15;2*1-2/h5-13,17H,3-4H2,1-2H3,(H,19,20);2*1-2H3/t17-;;/m0../s1. The van der Waals surface area contributed by atoms with E-state index >= 15 is 0 Å². The number of carbonyl (C=O) groups is 1. The number of benzene rings is 2. The van der Waals surface area contributed by atoms with E-state index < -0.39 is 0 Å². The second-order valence-electron chi connectivity index (χ2n) is 4.85. The lowest BCUT2D eigenvalue weighted by Gasteiger charge is -2.20. The predicted molar refractivity (Wildman–Crippen MR) is 105 cm³/mol. The fourth-order valence-corrected chi connectivity index (χ4v) is 2.43. The van der Waals surface area contributed by atoms with Crippen LogP contribution in [0.1, 0.15) is 75.5 Å². The van der Waals surface area contributed by atoms with Crippen LogP contribution in [-0.4, -0.2) is 5.91 Å². The van der Waals surface area contributed by atoms with Crippen LogP contribution in [0.5, 0.6) is 0 Å². The van der Waals surface area contributed by atoms with Crippen molar-refractivity contribution < 1.29 is 4.79 Å². The summed E-state index contributed by atoms with van der Waals surface area (Å²) in [7, 11) is 0. The van der Waals surface area contributed by atoms with Crippen molar-refractivity contribution in [2.45, 2.75) is 60.4 Å². The van der Waals surface area contributed by atoms with E-state index in [9.17, 15) is 4.79 Å². The molecular weight excluding hydrogens is 294 g/mol. The van der Waals surface area contributed by atoms with Gasteiger partial charge >= 0.3 is 0 Å². The van der Waals surface area contributed by atoms with Gasteiger partial charge in [0.25, 0.3) is 5.91 Å². The summed E-state index contributed by atoms with van der Waals surface area (Å²) < 4.78 is 0. The van der Waals surface area contributed by atoms with Crippen LogP contribution in [0, 0.1) is 0 Å². The van der Waals surface area contributed by atoms with Gasteiger partial charge in [-0.15, -0.1) is 0 Å². The highest BCUT2D eigenvalue weighted by Gasteiger charge is 2.15. The Bertz CT molecular complexity index is 563. The van der Waals surface area contributed by atoms with Gasteiger partial charge in [-0.1, -0.05) is 84.0 Å². The number of rotatable bonds is 5. The molecule has 2 aromatic rings. The number of nitrogens with one attached hydrogen (secondary N) is 1. The molecule has 1 N–H and O–H groups in total. The molecule has 2 aromatic carbocycles. The first kappa shape index (κ1) is 21.9. The lowest BCUT2D eigenvalue weighted by Crippen LogP contribution is -2.28. The van der Waals surface area contributed by atoms with E-state index in [0.717, 1.165) is 12.8 Å². The number of carbonyl (C=O) groups excluding carboxylic acids is 1.